The molecule has 4 amide bonds. The van der Waals surface area contributed by atoms with E-state index in [0.29, 0.717) is 63.6 Å². The summed E-state index contributed by atoms with van der Waals surface area (Å²) in [6.45, 7) is -2.85. The minimum absolute atomic E-state index is 0.00989. The molecule has 0 radical (unpaired) electrons. The number of carbonyl (C=O) groups excluding carboxylic acids is 3. The van der Waals surface area contributed by atoms with Gasteiger partial charge >= 0.3 is 30.4 Å². The predicted octanol–water partition coefficient (Wildman–Crippen LogP) is 7.62. The maximum atomic E-state index is 12.7. The lowest BCUT2D eigenvalue weighted by Crippen LogP contribution is -2.36. The number of fused-ring (bicyclic) bond motifs is 2. The Labute approximate surface area is 341 Å². The summed E-state index contributed by atoms with van der Waals surface area (Å²) < 4.78 is 78.6. The van der Waals surface area contributed by atoms with Gasteiger partial charge in [-0.3, -0.25) is 13.6 Å². The fraction of sp³-hybridized carbons (Fsp3) is 0.175. The van der Waals surface area contributed by atoms with Gasteiger partial charge in [0, 0.05) is 65.8 Å². The number of nitrogens with one attached hydrogen (secondary N) is 4. The summed E-state index contributed by atoms with van der Waals surface area (Å²) in [5, 5.41) is 17.2. The molecule has 5 N–H and O–H groups in total. The van der Waals surface area contributed by atoms with Crippen molar-refractivity contribution in [2.24, 2.45) is 7.05 Å². The van der Waals surface area contributed by atoms with Crippen LogP contribution < -0.4 is 21.3 Å². The summed E-state index contributed by atoms with van der Waals surface area (Å²) in [6, 6.07) is 17.4. The van der Waals surface area contributed by atoms with Gasteiger partial charge in [-0.25, -0.2) is 29.3 Å². The van der Waals surface area contributed by atoms with Crippen LogP contribution in [0.5, 0.6) is 0 Å². The highest BCUT2D eigenvalue weighted by Crippen LogP contribution is 2.26. The molecule has 0 unspecified atom stereocenters. The van der Waals surface area contributed by atoms with Crippen LogP contribution in [0.1, 0.15) is 32.8 Å². The summed E-state index contributed by atoms with van der Waals surface area (Å²) in [5.74, 6) is -1.08. The second-order valence-electron chi connectivity index (χ2n) is 13.3. The molecule has 7 aromatic rings. The van der Waals surface area contributed by atoms with E-state index in [-0.39, 0.29) is 11.3 Å². The van der Waals surface area contributed by atoms with E-state index >= 15 is 0 Å². The molecule has 0 saturated heterocycles. The van der Waals surface area contributed by atoms with Crippen LogP contribution in [0.2, 0.25) is 0 Å². The number of ketones is 1. The maximum absolute atomic E-state index is 12.7. The summed E-state index contributed by atoms with van der Waals surface area (Å²) in [5.41, 5.74) is 5.88. The number of imidazole rings is 3. The van der Waals surface area contributed by atoms with Crippen LogP contribution in [0.4, 0.5) is 47.3 Å². The average molecular weight is 849 g/mol. The minimum atomic E-state index is -4.50. The second-order valence-corrected chi connectivity index (χ2v) is 13.3. The zero-order valence-electron chi connectivity index (χ0n) is 31.8. The van der Waals surface area contributed by atoms with E-state index in [2.05, 4.69) is 25.6 Å². The van der Waals surface area contributed by atoms with Crippen LogP contribution in [0.15, 0.2) is 110 Å². The SMILES string of the molecule is Cn1cncc1CCC(=O)c1ccn2c(-c3cccc(NC(=O)NCC(F)(F)F)c3)cnc2c1.O=C(NCC(F)(F)F)Nc1cccc(-c2cnc3cc(C(=O)O)ccn23)c1. The Morgan fingerprint density at radius 1 is 0.672 bits per heavy atom. The first-order valence-corrected chi connectivity index (χ1v) is 18.0. The van der Waals surface area contributed by atoms with Crippen LogP contribution in [0, 0.1) is 0 Å². The number of aromatic carboxylic acids is 1. The number of aromatic nitrogens is 6. The molecule has 0 aliphatic rings. The Bertz CT molecular complexity index is 2720. The Kier molecular flexibility index (Phi) is 12.7. The van der Waals surface area contributed by atoms with Gasteiger partial charge in [0.1, 0.15) is 24.4 Å². The Balaban J connectivity index is 0.000000210. The third-order valence-corrected chi connectivity index (χ3v) is 8.85. The van der Waals surface area contributed by atoms with E-state index in [1.54, 1.807) is 105 Å². The van der Waals surface area contributed by atoms with Crippen LogP contribution in [-0.4, -0.2) is 82.7 Å². The molecule has 0 fully saturated rings. The molecule has 61 heavy (non-hydrogen) atoms. The largest absolute Gasteiger partial charge is 0.478 e. The topological polar surface area (TPSA) is 189 Å². The van der Waals surface area contributed by atoms with Gasteiger partial charge in [-0.05, 0) is 55.0 Å². The number of Topliss-reactive ketones (excluding diaryl/α,β-unsaturated/α-hetero) is 1. The first-order chi connectivity index (χ1) is 28.9. The summed E-state index contributed by atoms with van der Waals surface area (Å²) >= 11 is 0. The molecule has 0 aliphatic heterocycles. The highest BCUT2D eigenvalue weighted by Gasteiger charge is 2.28. The number of carboxylic acids is 1. The number of rotatable bonds is 11. The highest BCUT2D eigenvalue weighted by molar-refractivity contribution is 5.97. The number of nitrogens with zero attached hydrogens (tertiary/aromatic N) is 6. The lowest BCUT2D eigenvalue weighted by atomic mass is 10.1. The minimum Gasteiger partial charge on any atom is -0.478 e. The number of hydrogen-bond donors (Lipinski definition) is 5. The fourth-order valence-electron chi connectivity index (χ4n) is 5.93. The van der Waals surface area contributed by atoms with E-state index in [1.165, 1.54) is 24.4 Å². The molecule has 0 aliphatic carbocycles. The number of aryl methyl sites for hydroxylation is 2. The maximum Gasteiger partial charge on any atom is 0.405 e. The van der Waals surface area contributed by atoms with Gasteiger partial charge < -0.3 is 30.9 Å². The molecular formula is C40H34F6N10O5. The van der Waals surface area contributed by atoms with Crippen LogP contribution in [-0.2, 0) is 13.5 Å². The van der Waals surface area contributed by atoms with Crippen LogP contribution in [0.25, 0.3) is 33.8 Å². The first kappa shape index (κ1) is 42.9. The Morgan fingerprint density at radius 2 is 1.16 bits per heavy atom. The lowest BCUT2D eigenvalue weighted by molar-refractivity contribution is -0.123. The molecule has 316 valence electrons. The number of halogens is 6. The molecule has 0 atom stereocenters. The molecule has 5 heterocycles. The molecule has 21 heteroatoms. The first-order valence-electron chi connectivity index (χ1n) is 18.0. The van der Waals surface area contributed by atoms with E-state index < -0.39 is 43.5 Å². The van der Waals surface area contributed by atoms with E-state index in [1.807, 2.05) is 11.6 Å². The number of anilines is 2. The average Bonchev–Trinajstić information content (AvgIpc) is 3.96. The molecule has 7 rings (SSSR count). The monoisotopic (exact) mass is 848 g/mol. The number of hydrogen-bond acceptors (Lipinski definition) is 7. The van der Waals surface area contributed by atoms with Gasteiger partial charge in [-0.2, -0.15) is 26.3 Å². The molecular weight excluding hydrogens is 814 g/mol. The zero-order chi connectivity index (χ0) is 43.9. The number of carbonyl (C=O) groups is 4. The summed E-state index contributed by atoms with van der Waals surface area (Å²) in [7, 11) is 1.88. The van der Waals surface area contributed by atoms with Gasteiger partial charge in [-0.1, -0.05) is 24.3 Å². The van der Waals surface area contributed by atoms with Crippen molar-refractivity contribution in [2.45, 2.75) is 25.2 Å². The molecule has 2 aromatic carbocycles. The fourth-order valence-corrected chi connectivity index (χ4v) is 5.93. The van der Waals surface area contributed by atoms with Crippen molar-refractivity contribution < 1.29 is 50.6 Å². The van der Waals surface area contributed by atoms with E-state index in [4.69, 9.17) is 5.11 Å². The zero-order valence-corrected chi connectivity index (χ0v) is 31.8. The van der Waals surface area contributed by atoms with Gasteiger partial charge in [0.15, 0.2) is 5.78 Å². The lowest BCUT2D eigenvalue weighted by Gasteiger charge is -2.11. The van der Waals surface area contributed by atoms with E-state index in [0.717, 1.165) is 5.69 Å². The van der Waals surface area contributed by atoms with Crippen molar-refractivity contribution in [3.63, 3.8) is 0 Å². The van der Waals surface area contributed by atoms with Gasteiger partial charge in [0.05, 0.1) is 35.7 Å². The van der Waals surface area contributed by atoms with Crippen LogP contribution in [0.3, 0.4) is 0 Å². The third-order valence-electron chi connectivity index (χ3n) is 8.85. The molecule has 0 bridgehead atoms. The molecule has 5 aromatic heterocycles. The molecule has 0 spiro atoms. The standard InChI is InChI=1S/C23H21F3N6O2.C17H13F3N4O3/c1-31-14-27-11-18(31)5-6-20(33)16-7-8-32-19(12-28-21(32)10-16)15-3-2-4-17(9-15)30-22(34)29-13-23(24,25)26;18-17(19,20)9-22-16(27)23-12-3-1-2-10(6-12)13-8-21-14-7-11(15(25)26)4-5-24(13)14/h2-4,7-12,14H,5-6,13H2,1H3,(H2,29,30,34);1-8H,9H2,(H,25,26)(H2,22,23,27). The highest BCUT2D eigenvalue weighted by atomic mass is 19.4. The summed E-state index contributed by atoms with van der Waals surface area (Å²) in [6.07, 6.45) is 1.81. The van der Waals surface area contributed by atoms with Crippen molar-refractivity contribution in [3.05, 3.63) is 127 Å². The Hall–Kier alpha value is -7.71. The van der Waals surface area contributed by atoms with Gasteiger partial charge in [0.25, 0.3) is 0 Å². The molecule has 15 nitrogen and oxygen atoms in total. The third kappa shape index (κ3) is 11.5. The van der Waals surface area contributed by atoms with Crippen molar-refractivity contribution in [1.29, 1.82) is 0 Å². The number of pyridine rings is 2. The molecule has 0 saturated carbocycles. The smallest absolute Gasteiger partial charge is 0.405 e. The van der Waals surface area contributed by atoms with Crippen molar-refractivity contribution >= 4 is 46.5 Å². The predicted molar refractivity (Wildman–Crippen MR) is 210 cm³/mol. The second kappa shape index (κ2) is 18.1. The number of benzene rings is 2. The number of urea groups is 2. The van der Waals surface area contributed by atoms with Crippen molar-refractivity contribution in [3.8, 4) is 22.5 Å². The van der Waals surface area contributed by atoms with Crippen molar-refractivity contribution in [1.82, 2.24) is 39.0 Å². The van der Waals surface area contributed by atoms with Gasteiger partial charge in [-0.15, -0.1) is 0 Å². The van der Waals surface area contributed by atoms with Crippen LogP contribution >= 0.6 is 0 Å². The number of carboxylic acid groups (broad SMARTS) is 1. The normalized spacial score (nSPS) is 11.5. The summed E-state index contributed by atoms with van der Waals surface area (Å²) in [4.78, 5) is 59.6. The van der Waals surface area contributed by atoms with E-state index in [9.17, 15) is 45.5 Å². The number of amides is 4. The Morgan fingerprint density at radius 3 is 1.62 bits per heavy atom. The quantitative estimate of drug-likeness (QED) is 0.0649. The number of alkyl halides is 6. The van der Waals surface area contributed by atoms with Gasteiger partial charge in [0.2, 0.25) is 0 Å². The van der Waals surface area contributed by atoms with Crippen molar-refractivity contribution in [2.75, 3.05) is 23.7 Å².